The van der Waals surface area contributed by atoms with E-state index < -0.39 is 0 Å². The number of aryl methyl sites for hydroxylation is 2. The number of likely N-dealkylation sites (N-methyl/N-ethyl adjacent to an activating group) is 1. The lowest BCUT2D eigenvalue weighted by Gasteiger charge is -2.18. The highest BCUT2D eigenvalue weighted by Gasteiger charge is 2.20. The Morgan fingerprint density at radius 3 is 2.85 bits per heavy atom. The first-order valence-electron chi connectivity index (χ1n) is 6.56. The number of pyridine rings is 1. The lowest BCUT2D eigenvalue weighted by molar-refractivity contribution is 0.508. The molecule has 1 atom stereocenters. The molecule has 1 N–H and O–H groups in total. The van der Waals surface area contributed by atoms with E-state index in [1.165, 1.54) is 6.20 Å². The largest absolute Gasteiger partial charge is 0.313 e. The molecule has 0 amide bonds. The number of nitrogens with one attached hydrogen (secondary N) is 1. The Bertz CT molecular complexity index is 597. The van der Waals surface area contributed by atoms with Crippen molar-refractivity contribution in [3.8, 4) is 0 Å². The summed E-state index contributed by atoms with van der Waals surface area (Å²) in [6, 6.07) is 1.51. The molecule has 1 unspecified atom stereocenters. The quantitative estimate of drug-likeness (QED) is 0.922. The zero-order valence-corrected chi connectivity index (χ0v) is 12.6. The zero-order chi connectivity index (χ0) is 14.7. The maximum Gasteiger partial charge on any atom is 0.146 e. The summed E-state index contributed by atoms with van der Waals surface area (Å²) < 4.78 is 15.7. The van der Waals surface area contributed by atoms with Gasteiger partial charge < -0.3 is 5.32 Å². The van der Waals surface area contributed by atoms with E-state index in [2.05, 4.69) is 15.4 Å². The van der Waals surface area contributed by atoms with E-state index in [1.807, 2.05) is 18.5 Å². The van der Waals surface area contributed by atoms with Crippen LogP contribution in [0.4, 0.5) is 4.39 Å². The van der Waals surface area contributed by atoms with Crippen molar-refractivity contribution in [2.75, 3.05) is 7.05 Å². The minimum absolute atomic E-state index is 0.170. The van der Waals surface area contributed by atoms with Crippen LogP contribution < -0.4 is 5.32 Å². The molecule has 0 aromatic carbocycles. The Hall–Kier alpha value is -1.46. The van der Waals surface area contributed by atoms with Crippen LogP contribution in [0.3, 0.4) is 0 Å². The predicted molar refractivity (Wildman–Crippen MR) is 77.3 cm³/mol. The van der Waals surface area contributed by atoms with Crippen LogP contribution in [0.25, 0.3) is 0 Å². The van der Waals surface area contributed by atoms with E-state index in [-0.39, 0.29) is 11.9 Å². The monoisotopic (exact) mass is 296 g/mol. The summed E-state index contributed by atoms with van der Waals surface area (Å²) in [6.45, 7) is 4.62. The third-order valence-corrected chi connectivity index (χ3v) is 3.87. The van der Waals surface area contributed by atoms with Gasteiger partial charge in [0.05, 0.1) is 22.6 Å². The first-order chi connectivity index (χ1) is 9.58. The van der Waals surface area contributed by atoms with Gasteiger partial charge >= 0.3 is 0 Å². The van der Waals surface area contributed by atoms with Gasteiger partial charge in [0.25, 0.3) is 0 Å². The van der Waals surface area contributed by atoms with Crippen LogP contribution in [0, 0.1) is 12.7 Å². The lowest BCUT2D eigenvalue weighted by atomic mass is 10.0. The average Bonchev–Trinajstić information content (AvgIpc) is 2.73. The number of halogens is 2. The maximum atomic E-state index is 13.9. The molecule has 20 heavy (non-hydrogen) atoms. The van der Waals surface area contributed by atoms with Crippen LogP contribution in [0.1, 0.15) is 29.9 Å². The van der Waals surface area contributed by atoms with Crippen molar-refractivity contribution < 1.29 is 4.39 Å². The van der Waals surface area contributed by atoms with Crippen molar-refractivity contribution in [1.82, 2.24) is 20.1 Å². The molecule has 0 fully saturated rings. The van der Waals surface area contributed by atoms with Gasteiger partial charge in [0.2, 0.25) is 0 Å². The van der Waals surface area contributed by atoms with Gasteiger partial charge in [-0.1, -0.05) is 11.6 Å². The highest BCUT2D eigenvalue weighted by Crippen LogP contribution is 2.26. The van der Waals surface area contributed by atoms with Crippen molar-refractivity contribution in [1.29, 1.82) is 0 Å². The van der Waals surface area contributed by atoms with Crippen molar-refractivity contribution >= 4 is 11.6 Å². The number of rotatable bonds is 5. The molecule has 0 saturated heterocycles. The standard InChI is InChI=1S/C14H18ClFN4/c1-4-20-13(14(15)9(2)19-20)7-12(17-3)10-5-6-18-8-11(10)16/h5-6,8,12,17H,4,7H2,1-3H3. The fourth-order valence-corrected chi connectivity index (χ4v) is 2.51. The van der Waals surface area contributed by atoms with Crippen molar-refractivity contribution in [2.45, 2.75) is 32.9 Å². The molecule has 0 saturated carbocycles. The molecule has 0 aliphatic heterocycles. The summed E-state index contributed by atoms with van der Waals surface area (Å²) in [5.41, 5.74) is 2.30. The van der Waals surface area contributed by atoms with Crippen molar-refractivity contribution in [3.05, 3.63) is 46.3 Å². The molecule has 0 aliphatic carbocycles. The number of nitrogens with zero attached hydrogens (tertiary/aromatic N) is 3. The number of hydrogen-bond acceptors (Lipinski definition) is 3. The second kappa shape index (κ2) is 6.33. The Labute approximate surface area is 123 Å². The molecule has 4 nitrogen and oxygen atoms in total. The Morgan fingerprint density at radius 2 is 2.25 bits per heavy atom. The van der Waals surface area contributed by atoms with Crippen molar-refractivity contribution in [2.24, 2.45) is 0 Å². The second-order valence-electron chi connectivity index (χ2n) is 4.60. The van der Waals surface area contributed by atoms with Gasteiger partial charge in [0.1, 0.15) is 5.82 Å². The summed E-state index contributed by atoms with van der Waals surface area (Å²) >= 11 is 6.30. The van der Waals surface area contributed by atoms with Crippen LogP contribution in [0.5, 0.6) is 0 Å². The third kappa shape index (κ3) is 2.83. The minimum Gasteiger partial charge on any atom is -0.313 e. The van der Waals surface area contributed by atoms with Gasteiger partial charge in [-0.3, -0.25) is 9.67 Å². The molecule has 2 heterocycles. The molecule has 0 bridgehead atoms. The molecular formula is C14H18ClFN4. The summed E-state index contributed by atoms with van der Waals surface area (Å²) in [5.74, 6) is -0.317. The first kappa shape index (κ1) is 14.9. The van der Waals surface area contributed by atoms with E-state index in [1.54, 1.807) is 19.3 Å². The van der Waals surface area contributed by atoms with E-state index in [0.29, 0.717) is 17.0 Å². The normalized spacial score (nSPS) is 12.7. The maximum absolute atomic E-state index is 13.9. The Balaban J connectivity index is 2.34. The molecule has 2 aromatic heterocycles. The van der Waals surface area contributed by atoms with Gasteiger partial charge in [-0.25, -0.2) is 4.39 Å². The van der Waals surface area contributed by atoms with Crippen LogP contribution >= 0.6 is 11.6 Å². The lowest BCUT2D eigenvalue weighted by Crippen LogP contribution is -2.22. The van der Waals surface area contributed by atoms with Crippen LogP contribution in [-0.4, -0.2) is 21.8 Å². The predicted octanol–water partition coefficient (Wildman–Crippen LogP) is 2.90. The summed E-state index contributed by atoms with van der Waals surface area (Å²) in [5, 5.41) is 8.17. The topological polar surface area (TPSA) is 42.7 Å². The van der Waals surface area contributed by atoms with Crippen LogP contribution in [0.2, 0.25) is 5.02 Å². The van der Waals surface area contributed by atoms with E-state index >= 15 is 0 Å². The molecular weight excluding hydrogens is 279 g/mol. The summed E-state index contributed by atoms with van der Waals surface area (Å²) in [4.78, 5) is 3.78. The second-order valence-corrected chi connectivity index (χ2v) is 4.98. The zero-order valence-electron chi connectivity index (χ0n) is 11.8. The van der Waals surface area contributed by atoms with E-state index in [4.69, 9.17) is 11.6 Å². The fourth-order valence-electron chi connectivity index (χ4n) is 2.29. The minimum atomic E-state index is -0.317. The highest BCUT2D eigenvalue weighted by molar-refractivity contribution is 6.31. The van der Waals surface area contributed by atoms with Crippen molar-refractivity contribution in [3.63, 3.8) is 0 Å². The molecule has 2 rings (SSSR count). The Morgan fingerprint density at radius 1 is 1.50 bits per heavy atom. The molecule has 0 spiro atoms. The van der Waals surface area contributed by atoms with Crippen LogP contribution in [0.15, 0.2) is 18.5 Å². The SMILES string of the molecule is CCn1nc(C)c(Cl)c1CC(NC)c1ccncc1F. The smallest absolute Gasteiger partial charge is 0.146 e. The fraction of sp³-hybridized carbons (Fsp3) is 0.429. The van der Waals surface area contributed by atoms with Gasteiger partial charge in [0, 0.05) is 30.8 Å². The van der Waals surface area contributed by atoms with E-state index in [0.717, 1.165) is 17.9 Å². The van der Waals surface area contributed by atoms with Crippen LogP contribution in [-0.2, 0) is 13.0 Å². The number of aromatic nitrogens is 3. The van der Waals surface area contributed by atoms with Gasteiger partial charge in [-0.2, -0.15) is 5.10 Å². The number of hydrogen-bond donors (Lipinski definition) is 1. The summed E-state index contributed by atoms with van der Waals surface area (Å²) in [7, 11) is 1.80. The van der Waals surface area contributed by atoms with Gasteiger partial charge in [-0.15, -0.1) is 0 Å². The van der Waals surface area contributed by atoms with E-state index in [9.17, 15) is 4.39 Å². The highest BCUT2D eigenvalue weighted by atomic mass is 35.5. The molecule has 0 radical (unpaired) electrons. The average molecular weight is 297 g/mol. The summed E-state index contributed by atoms with van der Waals surface area (Å²) in [6.07, 6.45) is 3.39. The van der Waals surface area contributed by atoms with Gasteiger partial charge in [-0.05, 0) is 27.0 Å². The molecule has 108 valence electrons. The molecule has 0 aliphatic rings. The molecule has 6 heteroatoms. The third-order valence-electron chi connectivity index (χ3n) is 3.38. The molecule has 2 aromatic rings. The first-order valence-corrected chi connectivity index (χ1v) is 6.94. The van der Waals surface area contributed by atoms with Gasteiger partial charge in [0.15, 0.2) is 0 Å². The Kier molecular flexibility index (Phi) is 4.73.